The number of benzene rings is 1. The van der Waals surface area contributed by atoms with Gasteiger partial charge in [0, 0.05) is 28.8 Å². The molecule has 1 aromatic carbocycles. The number of nitrogens with one attached hydrogen (secondary N) is 3. The van der Waals surface area contributed by atoms with Crippen LogP contribution in [0.2, 0.25) is 0 Å². The Morgan fingerprint density at radius 3 is 2.70 bits per heavy atom. The van der Waals surface area contributed by atoms with Gasteiger partial charge < -0.3 is 16.0 Å². The second-order valence-electron chi connectivity index (χ2n) is 4.75. The summed E-state index contributed by atoms with van der Waals surface area (Å²) in [5.41, 5.74) is 1.00. The van der Waals surface area contributed by atoms with Crippen molar-refractivity contribution in [1.29, 1.82) is 0 Å². The monoisotopic (exact) mass is 333 g/mol. The summed E-state index contributed by atoms with van der Waals surface area (Å²) in [6.45, 7) is 2.05. The highest BCUT2D eigenvalue weighted by atomic mass is 79.9. The van der Waals surface area contributed by atoms with Crippen LogP contribution in [0.4, 0.5) is 17.3 Å². The van der Waals surface area contributed by atoms with Gasteiger partial charge in [0.25, 0.3) is 0 Å². The lowest BCUT2D eigenvalue weighted by Gasteiger charge is -2.13. The standard InChI is InChI=1S/C14H16BrN5/c15-10-1-3-11(4-2-10)19-13-7-14(18-9-17-13)20-12-5-6-16-8-12/h1-4,7,9,12,16H,5-6,8H2,(H2,17,18,19,20). The maximum absolute atomic E-state index is 4.26. The molecule has 1 saturated heterocycles. The molecular weight excluding hydrogens is 318 g/mol. The van der Waals surface area contributed by atoms with Crippen molar-refractivity contribution in [3.63, 3.8) is 0 Å². The van der Waals surface area contributed by atoms with E-state index in [4.69, 9.17) is 0 Å². The maximum atomic E-state index is 4.26. The minimum absolute atomic E-state index is 0.449. The zero-order chi connectivity index (χ0) is 13.8. The van der Waals surface area contributed by atoms with Crippen molar-refractivity contribution >= 4 is 33.3 Å². The van der Waals surface area contributed by atoms with Gasteiger partial charge in [-0.15, -0.1) is 0 Å². The van der Waals surface area contributed by atoms with Gasteiger partial charge in [0.2, 0.25) is 0 Å². The van der Waals surface area contributed by atoms with E-state index in [2.05, 4.69) is 41.8 Å². The molecule has 0 spiro atoms. The van der Waals surface area contributed by atoms with E-state index >= 15 is 0 Å². The second kappa shape index (κ2) is 6.19. The highest BCUT2D eigenvalue weighted by Crippen LogP contribution is 2.19. The smallest absolute Gasteiger partial charge is 0.135 e. The van der Waals surface area contributed by atoms with Crippen LogP contribution in [0.5, 0.6) is 0 Å². The topological polar surface area (TPSA) is 61.9 Å². The number of hydrogen-bond acceptors (Lipinski definition) is 5. The van der Waals surface area contributed by atoms with E-state index in [0.29, 0.717) is 6.04 Å². The third kappa shape index (κ3) is 3.46. The molecule has 104 valence electrons. The zero-order valence-electron chi connectivity index (χ0n) is 10.9. The van der Waals surface area contributed by atoms with Crippen molar-refractivity contribution in [2.24, 2.45) is 0 Å². The first kappa shape index (κ1) is 13.3. The fraction of sp³-hybridized carbons (Fsp3) is 0.286. The van der Waals surface area contributed by atoms with E-state index in [9.17, 15) is 0 Å². The first-order valence-corrected chi connectivity index (χ1v) is 7.41. The molecule has 0 bridgehead atoms. The SMILES string of the molecule is Brc1ccc(Nc2cc(NC3CCNC3)ncn2)cc1. The first-order chi connectivity index (χ1) is 9.79. The van der Waals surface area contributed by atoms with Crippen LogP contribution in [-0.2, 0) is 0 Å². The Hall–Kier alpha value is -1.66. The molecule has 6 heteroatoms. The van der Waals surface area contributed by atoms with E-state index in [1.165, 1.54) is 0 Å². The molecule has 2 aromatic rings. The van der Waals surface area contributed by atoms with Crippen LogP contribution in [0.25, 0.3) is 0 Å². The van der Waals surface area contributed by atoms with Gasteiger partial charge in [-0.2, -0.15) is 0 Å². The molecule has 1 unspecified atom stereocenters. The number of halogens is 1. The van der Waals surface area contributed by atoms with Gasteiger partial charge in [-0.25, -0.2) is 9.97 Å². The molecule has 1 atom stereocenters. The predicted molar refractivity (Wildman–Crippen MR) is 84.4 cm³/mol. The molecule has 0 saturated carbocycles. The summed E-state index contributed by atoms with van der Waals surface area (Å²) in [7, 11) is 0. The van der Waals surface area contributed by atoms with Crippen molar-refractivity contribution in [2.45, 2.75) is 12.5 Å². The van der Waals surface area contributed by atoms with E-state index < -0.39 is 0 Å². The van der Waals surface area contributed by atoms with Gasteiger partial charge in [0.1, 0.15) is 18.0 Å². The first-order valence-electron chi connectivity index (χ1n) is 6.61. The average molecular weight is 334 g/mol. The molecule has 1 aromatic heterocycles. The summed E-state index contributed by atoms with van der Waals surface area (Å²) >= 11 is 3.42. The summed E-state index contributed by atoms with van der Waals surface area (Å²) in [6, 6.07) is 10.4. The number of aromatic nitrogens is 2. The van der Waals surface area contributed by atoms with Gasteiger partial charge in [-0.3, -0.25) is 0 Å². The lowest BCUT2D eigenvalue weighted by molar-refractivity contribution is 0.787. The van der Waals surface area contributed by atoms with Crippen molar-refractivity contribution in [3.8, 4) is 0 Å². The molecule has 3 rings (SSSR count). The van der Waals surface area contributed by atoms with E-state index in [1.54, 1.807) is 6.33 Å². The van der Waals surface area contributed by atoms with E-state index in [1.807, 2.05) is 30.3 Å². The summed E-state index contributed by atoms with van der Waals surface area (Å²) in [5, 5.41) is 10.0. The maximum Gasteiger partial charge on any atom is 0.135 e. The summed E-state index contributed by atoms with van der Waals surface area (Å²) in [6.07, 6.45) is 2.70. The fourth-order valence-corrected chi connectivity index (χ4v) is 2.44. The third-order valence-corrected chi connectivity index (χ3v) is 3.72. The lowest BCUT2D eigenvalue weighted by atomic mass is 10.2. The van der Waals surface area contributed by atoms with Crippen LogP contribution in [0, 0.1) is 0 Å². The number of anilines is 3. The molecule has 5 nitrogen and oxygen atoms in total. The number of hydrogen-bond donors (Lipinski definition) is 3. The van der Waals surface area contributed by atoms with Crippen LogP contribution < -0.4 is 16.0 Å². The average Bonchev–Trinajstić information content (AvgIpc) is 2.95. The van der Waals surface area contributed by atoms with Crippen LogP contribution >= 0.6 is 15.9 Å². The van der Waals surface area contributed by atoms with Gasteiger partial charge in [0.15, 0.2) is 0 Å². The largest absolute Gasteiger partial charge is 0.366 e. The highest BCUT2D eigenvalue weighted by Gasteiger charge is 2.14. The van der Waals surface area contributed by atoms with Crippen molar-refractivity contribution < 1.29 is 0 Å². The van der Waals surface area contributed by atoms with Crippen LogP contribution in [0.3, 0.4) is 0 Å². The predicted octanol–water partition coefficient (Wildman–Crippen LogP) is 2.76. The van der Waals surface area contributed by atoms with Gasteiger partial charge in [-0.05, 0) is 37.2 Å². The number of nitrogens with zero attached hydrogens (tertiary/aromatic N) is 2. The number of rotatable bonds is 4. The Balaban J connectivity index is 1.68. The summed E-state index contributed by atoms with van der Waals surface area (Å²) in [4.78, 5) is 8.50. The Kier molecular flexibility index (Phi) is 4.13. The lowest BCUT2D eigenvalue weighted by Crippen LogP contribution is -2.22. The quantitative estimate of drug-likeness (QED) is 0.803. The van der Waals surface area contributed by atoms with Crippen molar-refractivity contribution in [2.75, 3.05) is 23.7 Å². The van der Waals surface area contributed by atoms with Gasteiger partial charge in [0.05, 0.1) is 0 Å². The Morgan fingerprint density at radius 1 is 1.15 bits per heavy atom. The molecule has 2 heterocycles. The highest BCUT2D eigenvalue weighted by molar-refractivity contribution is 9.10. The second-order valence-corrected chi connectivity index (χ2v) is 5.67. The molecule has 3 N–H and O–H groups in total. The van der Waals surface area contributed by atoms with Gasteiger partial charge >= 0.3 is 0 Å². The molecule has 0 amide bonds. The van der Waals surface area contributed by atoms with E-state index in [-0.39, 0.29) is 0 Å². The summed E-state index contributed by atoms with van der Waals surface area (Å²) in [5.74, 6) is 1.64. The molecule has 1 fully saturated rings. The molecular formula is C14H16BrN5. The molecule has 0 aliphatic carbocycles. The van der Waals surface area contributed by atoms with Crippen LogP contribution in [0.15, 0.2) is 41.1 Å². The normalized spacial score (nSPS) is 17.9. The molecule has 1 aliphatic heterocycles. The van der Waals surface area contributed by atoms with Crippen LogP contribution in [-0.4, -0.2) is 29.1 Å². The Labute approximate surface area is 126 Å². The van der Waals surface area contributed by atoms with E-state index in [0.717, 1.165) is 41.3 Å². The van der Waals surface area contributed by atoms with Gasteiger partial charge in [-0.1, -0.05) is 15.9 Å². The molecule has 1 aliphatic rings. The molecule has 20 heavy (non-hydrogen) atoms. The van der Waals surface area contributed by atoms with Crippen molar-refractivity contribution in [1.82, 2.24) is 15.3 Å². The fourth-order valence-electron chi connectivity index (χ4n) is 2.17. The Bertz CT molecular complexity index is 566. The molecule has 0 radical (unpaired) electrons. The van der Waals surface area contributed by atoms with Crippen LogP contribution in [0.1, 0.15) is 6.42 Å². The Morgan fingerprint density at radius 2 is 1.95 bits per heavy atom. The minimum atomic E-state index is 0.449. The third-order valence-electron chi connectivity index (χ3n) is 3.20. The zero-order valence-corrected chi connectivity index (χ0v) is 12.5. The minimum Gasteiger partial charge on any atom is -0.366 e. The summed E-state index contributed by atoms with van der Waals surface area (Å²) < 4.78 is 1.06. The van der Waals surface area contributed by atoms with Crippen molar-refractivity contribution in [3.05, 3.63) is 41.1 Å².